The van der Waals surface area contributed by atoms with E-state index in [2.05, 4.69) is 9.97 Å². The molecule has 0 saturated carbocycles. The van der Waals surface area contributed by atoms with Crippen LogP contribution in [0.4, 0.5) is 0 Å². The third-order valence-corrected chi connectivity index (χ3v) is 1.13. The zero-order valence-corrected chi connectivity index (χ0v) is 13.7. The quantitative estimate of drug-likeness (QED) is 0.382. The molecular formula is C11H16Cl2N2O9. The summed E-state index contributed by atoms with van der Waals surface area (Å²) < 4.78 is 65.4. The Hall–Kier alpha value is -1.48. The van der Waals surface area contributed by atoms with Gasteiger partial charge in [0.05, 0.1) is 29.8 Å². The molecule has 0 aromatic carbocycles. The van der Waals surface area contributed by atoms with Crippen LogP contribution < -0.4 is 28.0 Å². The van der Waals surface area contributed by atoms with E-state index in [4.69, 9.17) is 42.4 Å². The summed E-state index contributed by atoms with van der Waals surface area (Å²) in [6.07, 6.45) is 7.00. The van der Waals surface area contributed by atoms with Crippen LogP contribution in [0.3, 0.4) is 0 Å². The van der Waals surface area contributed by atoms with Crippen LogP contribution in [0.15, 0.2) is 61.2 Å². The Kier molecular flexibility index (Phi) is 20.4. The van der Waals surface area contributed by atoms with Gasteiger partial charge in [-0.1, -0.05) is 12.1 Å². The van der Waals surface area contributed by atoms with E-state index in [0.29, 0.717) is 0 Å². The number of rotatable bonds is 0. The van der Waals surface area contributed by atoms with Crippen molar-refractivity contribution >= 4 is 0 Å². The van der Waals surface area contributed by atoms with Gasteiger partial charge in [0.25, 0.3) is 0 Å². The molecule has 0 radical (unpaired) electrons. The molecule has 11 nitrogen and oxygen atoms in total. The predicted octanol–water partition coefficient (Wildman–Crippen LogP) is -6.48. The number of aliphatic hydroxyl groups excluding tert-OH is 1. The van der Waals surface area contributed by atoms with Crippen molar-refractivity contribution in [3.8, 4) is 0 Å². The Labute approximate surface area is 141 Å². The lowest BCUT2D eigenvalue weighted by Crippen LogP contribution is -2.58. The van der Waals surface area contributed by atoms with E-state index in [-0.39, 0.29) is 0 Å². The maximum Gasteiger partial charge on any atom is 0.0777 e. The molecule has 0 amide bonds. The molecular weight excluding hydrogens is 375 g/mol. The van der Waals surface area contributed by atoms with Crippen molar-refractivity contribution in [2.24, 2.45) is 0 Å². The molecule has 2 heterocycles. The van der Waals surface area contributed by atoms with E-state index >= 15 is 0 Å². The van der Waals surface area contributed by atoms with Crippen molar-refractivity contribution in [3.05, 3.63) is 61.2 Å². The van der Waals surface area contributed by atoms with E-state index in [1.807, 2.05) is 36.4 Å². The average molecular weight is 391 g/mol. The molecule has 0 aliphatic rings. The van der Waals surface area contributed by atoms with Gasteiger partial charge >= 0.3 is 0 Å². The van der Waals surface area contributed by atoms with Gasteiger partial charge in [-0.2, -0.15) is 28.0 Å². The second kappa shape index (κ2) is 17.9. The highest BCUT2D eigenvalue weighted by molar-refractivity contribution is 4.88. The van der Waals surface area contributed by atoms with E-state index in [1.165, 1.54) is 0 Å². The first kappa shape index (κ1) is 27.4. The van der Waals surface area contributed by atoms with Crippen LogP contribution in [0.5, 0.6) is 0 Å². The summed E-state index contributed by atoms with van der Waals surface area (Å²) in [7, 11) is -8.39. The number of nitrogens with zero attached hydrogens (tertiary/aromatic N) is 2. The molecule has 24 heavy (non-hydrogen) atoms. The maximum atomic E-state index is 8.60. The minimum Gasteiger partial charge on any atom is -0.400 e. The zero-order chi connectivity index (χ0) is 19.5. The molecule has 2 aromatic heterocycles. The number of hydrogen-bond donors (Lipinski definition) is 3. The van der Waals surface area contributed by atoms with E-state index < -0.39 is 20.5 Å². The SMILES string of the molecule is CO.[O-][Cl+3]([O-])([O-])O.[O-][Cl+3]([O-])([O-])O.c1ccncc1.c1ccncc1. The fourth-order valence-electron chi connectivity index (χ4n) is 0.625. The molecule has 0 atom stereocenters. The smallest absolute Gasteiger partial charge is 0.0777 e. The second-order valence-corrected chi connectivity index (χ2v) is 4.43. The summed E-state index contributed by atoms with van der Waals surface area (Å²) in [6.45, 7) is 0. The number of halogens is 2. The first-order valence-electron chi connectivity index (χ1n) is 5.41. The number of aliphatic hydroxyl groups is 1. The van der Waals surface area contributed by atoms with Crippen molar-refractivity contribution in [2.75, 3.05) is 7.11 Å². The van der Waals surface area contributed by atoms with Gasteiger partial charge in [-0.05, 0) is 24.3 Å². The van der Waals surface area contributed by atoms with Gasteiger partial charge in [-0.25, -0.2) is 0 Å². The number of hydrogen-bond acceptors (Lipinski definition) is 11. The topological polar surface area (TPSA) is 225 Å². The normalized spacial score (nSPS) is 9.25. The molecule has 138 valence electrons. The van der Waals surface area contributed by atoms with Crippen molar-refractivity contribution in [2.45, 2.75) is 0 Å². The third-order valence-electron chi connectivity index (χ3n) is 1.13. The van der Waals surface area contributed by atoms with Gasteiger partial charge in [-0.15, -0.1) is 0 Å². The van der Waals surface area contributed by atoms with Gasteiger partial charge in [0.1, 0.15) is 0 Å². The molecule has 0 fully saturated rings. The van der Waals surface area contributed by atoms with Gasteiger partial charge in [-0.3, -0.25) is 9.97 Å². The number of aromatic nitrogens is 2. The zero-order valence-electron chi connectivity index (χ0n) is 12.2. The standard InChI is InChI=1S/2C5H5N.CH4O.2ClHO4/c2*1-2-4-6-5-3-1;1-2;2*2-1(3,4)5/h2*1-5H;2H,1H3;2*(H,2,3,4,5). The Bertz CT molecular complexity index is 332. The predicted molar refractivity (Wildman–Crippen MR) is 61.1 cm³/mol. The molecule has 13 heteroatoms. The van der Waals surface area contributed by atoms with Crippen molar-refractivity contribution in [3.63, 3.8) is 0 Å². The van der Waals surface area contributed by atoms with Gasteiger partial charge in [0, 0.05) is 31.9 Å². The molecule has 0 bridgehead atoms. The van der Waals surface area contributed by atoms with E-state index in [1.54, 1.807) is 24.8 Å². The van der Waals surface area contributed by atoms with Crippen LogP contribution in [0.25, 0.3) is 0 Å². The Morgan fingerprint density at radius 3 is 0.750 bits per heavy atom. The highest BCUT2D eigenvalue weighted by Gasteiger charge is 1.99. The van der Waals surface area contributed by atoms with Crippen LogP contribution in [0.1, 0.15) is 0 Å². The highest BCUT2D eigenvalue weighted by Crippen LogP contribution is 1.74. The fraction of sp³-hybridized carbons (Fsp3) is 0.0909. The van der Waals surface area contributed by atoms with Crippen molar-refractivity contribution in [1.29, 1.82) is 0 Å². The fourth-order valence-corrected chi connectivity index (χ4v) is 0.625. The van der Waals surface area contributed by atoms with Crippen LogP contribution in [-0.4, -0.2) is 31.5 Å². The first-order valence-corrected chi connectivity index (χ1v) is 7.94. The van der Waals surface area contributed by atoms with E-state index in [9.17, 15) is 0 Å². The van der Waals surface area contributed by atoms with Crippen molar-refractivity contribution < 1.29 is 62.9 Å². The Balaban J connectivity index is -0.000000238. The minimum absolute atomic E-state index is 1.00. The van der Waals surface area contributed by atoms with Gasteiger partial charge in [0.2, 0.25) is 0 Å². The first-order chi connectivity index (χ1) is 11.0. The monoisotopic (exact) mass is 390 g/mol. The molecule has 2 aromatic rings. The van der Waals surface area contributed by atoms with Crippen LogP contribution in [0.2, 0.25) is 0 Å². The lowest BCUT2D eigenvalue weighted by atomic mass is 10.5. The van der Waals surface area contributed by atoms with Crippen molar-refractivity contribution in [1.82, 2.24) is 9.97 Å². The summed E-state index contributed by atoms with van der Waals surface area (Å²) in [5, 5.41) is 7.00. The molecule has 0 unspecified atom stereocenters. The summed E-state index contributed by atoms with van der Waals surface area (Å²) in [5.41, 5.74) is 0. The molecule has 0 aliphatic heterocycles. The largest absolute Gasteiger partial charge is 0.400 e. The Morgan fingerprint density at radius 2 is 0.708 bits per heavy atom. The number of pyridine rings is 2. The lowest BCUT2D eigenvalue weighted by molar-refractivity contribution is -1.92. The lowest BCUT2D eigenvalue weighted by Gasteiger charge is -2.03. The molecule has 2 rings (SSSR count). The minimum atomic E-state index is -4.69. The van der Waals surface area contributed by atoms with Gasteiger partial charge in [0.15, 0.2) is 0 Å². The summed E-state index contributed by atoms with van der Waals surface area (Å²) >= 11 is 0. The summed E-state index contributed by atoms with van der Waals surface area (Å²) in [5.74, 6) is 0. The summed E-state index contributed by atoms with van der Waals surface area (Å²) in [6, 6.07) is 11.4. The van der Waals surface area contributed by atoms with Gasteiger partial charge < -0.3 is 5.11 Å². The molecule has 3 N–H and O–H groups in total. The Morgan fingerprint density at radius 1 is 0.542 bits per heavy atom. The van der Waals surface area contributed by atoms with E-state index in [0.717, 1.165) is 7.11 Å². The second-order valence-electron chi connectivity index (χ2n) is 2.84. The summed E-state index contributed by atoms with van der Waals surface area (Å²) in [4.78, 5) is 7.57. The maximum absolute atomic E-state index is 8.60. The molecule has 0 spiro atoms. The van der Waals surface area contributed by atoms with Crippen LogP contribution in [0, 0.1) is 20.5 Å². The molecule has 0 aliphatic carbocycles. The van der Waals surface area contributed by atoms with Crippen LogP contribution >= 0.6 is 0 Å². The average Bonchev–Trinajstić information content (AvgIpc) is 2.50. The highest BCUT2D eigenvalue weighted by atomic mass is 35.7. The third kappa shape index (κ3) is 70.6. The van der Waals surface area contributed by atoms with Crippen LogP contribution in [-0.2, 0) is 0 Å². The molecule has 0 saturated heterocycles.